The summed E-state index contributed by atoms with van der Waals surface area (Å²) in [5.74, 6) is 4.70. The fourth-order valence-corrected chi connectivity index (χ4v) is 2.56. The normalized spacial score (nSPS) is 9.68. The largest absolute Gasteiger partial charge is 0.478 e. The molecule has 3 N–H and O–H groups in total. The SMILES string of the molecule is CCc1ncnc(-c2ccc(C(=O)O)c(OF)c2)c1C#Cc1ccc(N)nc1.FCF. The molecule has 31 heavy (non-hydrogen) atoms. The maximum absolute atomic E-state index is 12.8. The van der Waals surface area contributed by atoms with Crippen LogP contribution in [-0.4, -0.2) is 33.0 Å². The summed E-state index contributed by atoms with van der Waals surface area (Å²) in [6.07, 6.45) is 3.53. The van der Waals surface area contributed by atoms with Crippen molar-refractivity contribution in [3.8, 4) is 28.8 Å². The van der Waals surface area contributed by atoms with E-state index in [4.69, 9.17) is 10.8 Å². The molecule has 0 amide bonds. The minimum absolute atomic E-state index is 0.295. The molecule has 0 saturated carbocycles. The second-order valence-corrected chi connectivity index (χ2v) is 5.81. The minimum Gasteiger partial charge on any atom is -0.478 e. The lowest BCUT2D eigenvalue weighted by Gasteiger charge is -2.09. The second kappa shape index (κ2) is 11.2. The van der Waals surface area contributed by atoms with Gasteiger partial charge >= 0.3 is 5.97 Å². The number of benzene rings is 1. The highest BCUT2D eigenvalue weighted by Crippen LogP contribution is 2.29. The summed E-state index contributed by atoms with van der Waals surface area (Å²) < 4.78 is 32.1. The van der Waals surface area contributed by atoms with Crippen molar-refractivity contribution in [2.24, 2.45) is 0 Å². The first-order valence-electron chi connectivity index (χ1n) is 8.80. The van der Waals surface area contributed by atoms with Crippen LogP contribution in [0.5, 0.6) is 5.75 Å². The monoisotopic (exact) mass is 430 g/mol. The highest BCUT2D eigenvalue weighted by atomic mass is 19.3. The van der Waals surface area contributed by atoms with Crippen LogP contribution in [0.1, 0.15) is 34.1 Å². The number of nitrogen functional groups attached to an aromatic ring is 1. The molecule has 10 heteroatoms. The number of anilines is 1. The number of aromatic nitrogens is 3. The molecule has 0 atom stereocenters. The maximum Gasteiger partial charge on any atom is 0.339 e. The number of halogens is 3. The van der Waals surface area contributed by atoms with Gasteiger partial charge in [0.1, 0.15) is 17.7 Å². The third kappa shape index (κ3) is 5.93. The molecular weight excluding hydrogens is 413 g/mol. The van der Waals surface area contributed by atoms with Gasteiger partial charge in [0.25, 0.3) is 0 Å². The van der Waals surface area contributed by atoms with Gasteiger partial charge in [-0.05, 0) is 30.7 Å². The zero-order chi connectivity index (χ0) is 22.8. The number of carboxylic acids is 1. The van der Waals surface area contributed by atoms with Crippen molar-refractivity contribution in [2.45, 2.75) is 13.3 Å². The van der Waals surface area contributed by atoms with Crippen molar-refractivity contribution < 1.29 is 28.1 Å². The van der Waals surface area contributed by atoms with Gasteiger partial charge in [0.15, 0.2) is 5.75 Å². The van der Waals surface area contributed by atoms with E-state index in [-0.39, 0.29) is 5.56 Å². The van der Waals surface area contributed by atoms with Crippen molar-refractivity contribution in [1.29, 1.82) is 0 Å². The van der Waals surface area contributed by atoms with Gasteiger partial charge in [-0.1, -0.05) is 24.8 Å². The minimum atomic E-state index is -1.75. The quantitative estimate of drug-likeness (QED) is 0.604. The van der Waals surface area contributed by atoms with Gasteiger partial charge in [0.2, 0.25) is 6.93 Å². The Morgan fingerprint density at radius 3 is 2.48 bits per heavy atom. The molecule has 3 rings (SSSR count). The van der Waals surface area contributed by atoms with E-state index in [0.717, 1.165) is 0 Å². The van der Waals surface area contributed by atoms with Crippen molar-refractivity contribution in [3.05, 3.63) is 65.2 Å². The van der Waals surface area contributed by atoms with Gasteiger partial charge in [0, 0.05) is 21.8 Å². The molecule has 0 spiro atoms. The Morgan fingerprint density at radius 1 is 1.16 bits per heavy atom. The van der Waals surface area contributed by atoms with Crippen LogP contribution < -0.4 is 10.7 Å². The zero-order valence-electron chi connectivity index (χ0n) is 16.3. The van der Waals surface area contributed by atoms with E-state index in [1.54, 1.807) is 18.3 Å². The van der Waals surface area contributed by atoms with Crippen LogP contribution in [0.25, 0.3) is 11.3 Å². The number of nitrogens with two attached hydrogens (primary N) is 1. The Bertz CT molecular complexity index is 1110. The number of carbonyl (C=O) groups is 1. The number of aryl methyl sites for hydroxylation is 1. The lowest BCUT2D eigenvalue weighted by atomic mass is 10.0. The van der Waals surface area contributed by atoms with E-state index in [0.29, 0.717) is 40.3 Å². The summed E-state index contributed by atoms with van der Waals surface area (Å²) in [6, 6.07) is 7.41. The summed E-state index contributed by atoms with van der Waals surface area (Å²) >= 11 is 0. The van der Waals surface area contributed by atoms with Crippen molar-refractivity contribution in [2.75, 3.05) is 12.7 Å². The van der Waals surface area contributed by atoms with Gasteiger partial charge in [0.05, 0.1) is 17.0 Å². The Morgan fingerprint density at radius 2 is 1.90 bits per heavy atom. The molecule has 7 nitrogen and oxygen atoms in total. The van der Waals surface area contributed by atoms with Crippen LogP contribution in [0.3, 0.4) is 0 Å². The van der Waals surface area contributed by atoms with E-state index in [9.17, 15) is 18.1 Å². The molecule has 0 unspecified atom stereocenters. The van der Waals surface area contributed by atoms with E-state index in [1.807, 2.05) is 6.92 Å². The average Bonchev–Trinajstić information content (AvgIpc) is 2.78. The van der Waals surface area contributed by atoms with Crippen molar-refractivity contribution >= 4 is 11.8 Å². The second-order valence-electron chi connectivity index (χ2n) is 5.81. The van der Waals surface area contributed by atoms with Gasteiger partial charge in [-0.25, -0.2) is 28.5 Å². The number of aromatic carboxylic acids is 1. The molecule has 0 aliphatic heterocycles. The van der Waals surface area contributed by atoms with Gasteiger partial charge in [-0.15, -0.1) is 0 Å². The fraction of sp³-hybridized carbons (Fsp3) is 0.143. The van der Waals surface area contributed by atoms with E-state index < -0.39 is 18.6 Å². The van der Waals surface area contributed by atoms with Crippen LogP contribution in [0.4, 0.5) is 19.1 Å². The predicted molar refractivity (Wildman–Crippen MR) is 107 cm³/mol. The molecule has 3 aromatic rings. The average molecular weight is 430 g/mol. The van der Waals surface area contributed by atoms with E-state index >= 15 is 0 Å². The van der Waals surface area contributed by atoms with E-state index in [1.165, 1.54) is 24.5 Å². The summed E-state index contributed by atoms with van der Waals surface area (Å²) in [5, 5.41) is 9.12. The van der Waals surface area contributed by atoms with Crippen LogP contribution in [0.15, 0.2) is 42.9 Å². The number of hydrogen-bond donors (Lipinski definition) is 2. The fourth-order valence-electron chi connectivity index (χ4n) is 2.56. The first kappa shape index (κ1) is 23.2. The van der Waals surface area contributed by atoms with Crippen LogP contribution >= 0.6 is 0 Å². The van der Waals surface area contributed by atoms with Gasteiger partial charge < -0.3 is 10.8 Å². The molecule has 0 fully saturated rings. The maximum atomic E-state index is 12.8. The predicted octanol–water partition coefficient (Wildman–Crippen LogP) is 3.93. The molecule has 0 aliphatic rings. The lowest BCUT2D eigenvalue weighted by Crippen LogP contribution is -2.02. The van der Waals surface area contributed by atoms with E-state index in [2.05, 4.69) is 31.7 Å². The van der Waals surface area contributed by atoms with Crippen molar-refractivity contribution in [1.82, 2.24) is 15.0 Å². The number of rotatable bonds is 4. The Kier molecular flexibility index (Phi) is 8.33. The summed E-state index contributed by atoms with van der Waals surface area (Å²) in [4.78, 5) is 27.4. The zero-order valence-corrected chi connectivity index (χ0v) is 16.3. The number of nitrogens with zero attached hydrogens (tertiary/aromatic N) is 3. The Balaban J connectivity index is 0.00000107. The number of alkyl halides is 2. The molecule has 0 radical (unpaired) electrons. The third-order valence-corrected chi connectivity index (χ3v) is 3.95. The molecule has 160 valence electrons. The van der Waals surface area contributed by atoms with Crippen molar-refractivity contribution in [3.63, 3.8) is 0 Å². The van der Waals surface area contributed by atoms with Gasteiger partial charge in [-0.3, -0.25) is 4.94 Å². The first-order valence-corrected chi connectivity index (χ1v) is 8.80. The molecule has 2 heterocycles. The summed E-state index contributed by atoms with van der Waals surface area (Å²) in [6.45, 7) is 0.172. The van der Waals surface area contributed by atoms with Crippen LogP contribution in [0, 0.1) is 11.8 Å². The standard InChI is InChI=1S/C20H15FN4O3.CH2F2/c1-2-16-14(6-3-12-4-8-18(22)23-10-12)19(25-11-24-16)13-5-7-15(20(26)27)17(9-13)28-21;2-1-3/h4-5,7-11H,2H2,1H3,(H2,22,23)(H,26,27);1H2. The molecule has 2 aromatic heterocycles. The Labute approximate surface area is 175 Å². The number of carboxylic acid groups (broad SMARTS) is 1. The highest BCUT2D eigenvalue weighted by molar-refractivity contribution is 5.92. The molecule has 0 bridgehead atoms. The van der Waals surface area contributed by atoms with Crippen LogP contribution in [-0.2, 0) is 6.42 Å². The highest BCUT2D eigenvalue weighted by Gasteiger charge is 2.17. The molecule has 1 aromatic carbocycles. The van der Waals surface area contributed by atoms with Crippen LogP contribution in [0.2, 0.25) is 0 Å². The summed E-state index contributed by atoms with van der Waals surface area (Å²) in [5.41, 5.74) is 8.08. The summed E-state index contributed by atoms with van der Waals surface area (Å²) in [7, 11) is 0. The molecule has 0 saturated heterocycles. The van der Waals surface area contributed by atoms with Gasteiger partial charge in [-0.2, -0.15) is 0 Å². The number of hydrogen-bond acceptors (Lipinski definition) is 6. The lowest BCUT2D eigenvalue weighted by molar-refractivity contribution is -0.00775. The topological polar surface area (TPSA) is 111 Å². The number of pyridine rings is 1. The molecular formula is C21H17F3N4O3. The Hall–Kier alpha value is -4.13. The smallest absolute Gasteiger partial charge is 0.339 e. The third-order valence-electron chi connectivity index (χ3n) is 3.95. The molecule has 0 aliphatic carbocycles. The first-order chi connectivity index (χ1) is 14.9.